The van der Waals surface area contributed by atoms with Gasteiger partial charge in [0.25, 0.3) is 0 Å². The number of alkyl halides is 3. The monoisotopic (exact) mass is 529 g/mol. The number of carboxylic acid groups (broad SMARTS) is 1. The molecular weight excluding hydrogens is 515 g/mol. The van der Waals surface area contributed by atoms with Crippen LogP contribution in [-0.2, 0) is 11.2 Å². The van der Waals surface area contributed by atoms with Crippen molar-refractivity contribution in [1.82, 2.24) is 29.8 Å². The van der Waals surface area contributed by atoms with E-state index in [4.69, 9.17) is 26.2 Å². The van der Waals surface area contributed by atoms with E-state index in [9.17, 15) is 18.4 Å². The van der Waals surface area contributed by atoms with Crippen LogP contribution in [0.1, 0.15) is 22.6 Å². The molecule has 4 aromatic heterocycles. The van der Waals surface area contributed by atoms with Gasteiger partial charge in [-0.15, -0.1) is 10.2 Å². The highest BCUT2D eigenvalue weighted by atomic mass is 35.5. The maximum absolute atomic E-state index is 10.6. The molecule has 0 aliphatic carbocycles. The van der Waals surface area contributed by atoms with E-state index in [0.717, 1.165) is 28.1 Å². The predicted molar refractivity (Wildman–Crippen MR) is 124 cm³/mol. The number of hydrogen-bond donors (Lipinski definition) is 2. The van der Waals surface area contributed by atoms with E-state index < -0.39 is 12.1 Å². The summed E-state index contributed by atoms with van der Waals surface area (Å²) < 4.78 is 39.7. The normalized spacial score (nSPS) is 11.1. The fourth-order valence-electron chi connectivity index (χ4n) is 3.32. The van der Waals surface area contributed by atoms with Crippen LogP contribution >= 0.6 is 11.6 Å². The van der Waals surface area contributed by atoms with Crippen LogP contribution in [0.15, 0.2) is 48.8 Å². The van der Waals surface area contributed by atoms with Crippen molar-refractivity contribution in [3.63, 3.8) is 0 Å². The number of carbonyl (C=O) groups is 1. The number of H-pyrrole nitrogens is 1. The topological polar surface area (TPSA) is 142 Å². The molecule has 14 heteroatoms. The van der Waals surface area contributed by atoms with Gasteiger partial charge in [-0.05, 0) is 48.9 Å². The number of aliphatic carboxylic acids is 1. The first-order valence-electron chi connectivity index (χ1n) is 10.4. The van der Waals surface area contributed by atoms with Crippen molar-refractivity contribution in [1.29, 1.82) is 5.26 Å². The van der Waals surface area contributed by atoms with Crippen molar-refractivity contribution in [2.24, 2.45) is 0 Å². The van der Waals surface area contributed by atoms with E-state index in [1.165, 1.54) is 0 Å². The molecule has 37 heavy (non-hydrogen) atoms. The number of nitriles is 1. The van der Waals surface area contributed by atoms with Crippen LogP contribution in [-0.4, -0.2) is 47.0 Å². The summed E-state index contributed by atoms with van der Waals surface area (Å²) in [5, 5.41) is 33.7. The average molecular weight is 530 g/mol. The van der Waals surface area contributed by atoms with E-state index in [1.807, 2.05) is 35.7 Å². The Bertz CT molecular complexity index is 1660. The Morgan fingerprint density at radius 2 is 2.03 bits per heavy atom. The van der Waals surface area contributed by atoms with Crippen LogP contribution in [0.3, 0.4) is 0 Å². The Kier molecular flexibility index (Phi) is 6.94. The molecule has 0 bridgehead atoms. The van der Waals surface area contributed by atoms with E-state index >= 15 is 0 Å². The van der Waals surface area contributed by atoms with Crippen molar-refractivity contribution in [2.75, 3.05) is 0 Å². The van der Waals surface area contributed by atoms with E-state index in [1.54, 1.807) is 24.4 Å². The number of nitrogens with zero attached hydrogens (tertiary/aromatic N) is 6. The van der Waals surface area contributed by atoms with Crippen LogP contribution < -0.4 is 4.74 Å². The summed E-state index contributed by atoms with van der Waals surface area (Å²) in [7, 11) is 0. The summed E-state index contributed by atoms with van der Waals surface area (Å²) >= 11 is 6.11. The number of carboxylic acids is 1. The van der Waals surface area contributed by atoms with Gasteiger partial charge in [-0.25, -0.2) is 9.78 Å². The molecule has 0 amide bonds. The highest BCUT2D eigenvalue weighted by Crippen LogP contribution is 2.31. The van der Waals surface area contributed by atoms with Crippen molar-refractivity contribution in [2.45, 2.75) is 19.5 Å². The Labute approximate surface area is 210 Å². The van der Waals surface area contributed by atoms with Crippen LogP contribution in [0.25, 0.3) is 16.7 Å². The van der Waals surface area contributed by atoms with Crippen molar-refractivity contribution < 1.29 is 27.8 Å². The number of aromatic nitrogens is 6. The Hall–Kier alpha value is -4.70. The van der Waals surface area contributed by atoms with Crippen molar-refractivity contribution in [3.8, 4) is 17.6 Å². The van der Waals surface area contributed by atoms with Gasteiger partial charge in [-0.2, -0.15) is 23.5 Å². The molecule has 2 N–H and O–H groups in total. The molecule has 10 nitrogen and oxygen atoms in total. The number of pyridine rings is 2. The third-order valence-corrected chi connectivity index (χ3v) is 5.22. The van der Waals surface area contributed by atoms with Gasteiger partial charge in [0.05, 0.1) is 23.7 Å². The van der Waals surface area contributed by atoms with Gasteiger partial charge >= 0.3 is 12.1 Å². The SMILES string of the molecule is Cc1ccn2c(Cc3n[nH]c4ncccc34)nnc2c1Oc1cc(Cl)cc(C#N)c1.O=C(O)C(F)(F)F. The summed E-state index contributed by atoms with van der Waals surface area (Å²) in [6, 6.07) is 12.7. The predicted octanol–water partition coefficient (Wildman–Crippen LogP) is 4.85. The number of benzene rings is 1. The van der Waals surface area contributed by atoms with Gasteiger partial charge in [0.15, 0.2) is 11.4 Å². The zero-order valence-electron chi connectivity index (χ0n) is 18.8. The molecule has 4 heterocycles. The zero-order chi connectivity index (χ0) is 26.7. The Balaban J connectivity index is 0.000000405. The summed E-state index contributed by atoms with van der Waals surface area (Å²) in [6.07, 6.45) is -0.986. The minimum absolute atomic E-state index is 0.420. The molecule has 1 aromatic carbocycles. The zero-order valence-corrected chi connectivity index (χ0v) is 19.5. The summed E-state index contributed by atoms with van der Waals surface area (Å²) in [5.41, 5.74) is 3.44. The summed E-state index contributed by atoms with van der Waals surface area (Å²) in [4.78, 5) is 13.2. The number of aryl methyl sites for hydroxylation is 1. The quantitative estimate of drug-likeness (QED) is 0.336. The van der Waals surface area contributed by atoms with Crippen LogP contribution in [0.4, 0.5) is 13.2 Å². The lowest BCUT2D eigenvalue weighted by Crippen LogP contribution is -2.21. The second-order valence-electron chi connectivity index (χ2n) is 7.58. The lowest BCUT2D eigenvalue weighted by atomic mass is 10.2. The number of fused-ring (bicyclic) bond motifs is 2. The Morgan fingerprint density at radius 1 is 1.27 bits per heavy atom. The number of halogens is 4. The van der Waals surface area contributed by atoms with Gasteiger partial charge < -0.3 is 9.84 Å². The average Bonchev–Trinajstić information content (AvgIpc) is 3.45. The highest BCUT2D eigenvalue weighted by Gasteiger charge is 2.38. The minimum Gasteiger partial charge on any atom is -0.475 e. The highest BCUT2D eigenvalue weighted by molar-refractivity contribution is 6.30. The maximum atomic E-state index is 10.6. The van der Waals surface area contributed by atoms with Gasteiger partial charge in [0.2, 0.25) is 5.65 Å². The van der Waals surface area contributed by atoms with Gasteiger partial charge in [0, 0.05) is 22.8 Å². The van der Waals surface area contributed by atoms with Crippen molar-refractivity contribution >= 4 is 34.3 Å². The third kappa shape index (κ3) is 5.60. The third-order valence-electron chi connectivity index (χ3n) is 5.01. The first-order chi connectivity index (χ1) is 17.6. The molecule has 188 valence electrons. The number of rotatable bonds is 4. The lowest BCUT2D eigenvalue weighted by molar-refractivity contribution is -0.192. The van der Waals surface area contributed by atoms with E-state index in [0.29, 0.717) is 34.2 Å². The number of ether oxygens (including phenoxy) is 1. The van der Waals surface area contributed by atoms with Crippen LogP contribution in [0.2, 0.25) is 5.02 Å². The second kappa shape index (κ2) is 10.1. The molecule has 0 radical (unpaired) electrons. The molecule has 0 saturated carbocycles. The minimum atomic E-state index is -5.08. The molecular formula is C23H15ClF3N7O3. The molecule has 0 spiro atoms. The fraction of sp³-hybridized carbons (Fsp3) is 0.130. The maximum Gasteiger partial charge on any atom is 0.490 e. The van der Waals surface area contributed by atoms with Crippen molar-refractivity contribution in [3.05, 3.63) is 76.5 Å². The first-order valence-corrected chi connectivity index (χ1v) is 10.7. The molecule has 5 rings (SSSR count). The van der Waals surface area contributed by atoms with Gasteiger partial charge in [-0.1, -0.05) is 11.6 Å². The lowest BCUT2D eigenvalue weighted by Gasteiger charge is -2.10. The summed E-state index contributed by atoms with van der Waals surface area (Å²) in [5.74, 6) is -1.02. The standard InChI is InChI=1S/C21H14ClN7O.C2HF3O2/c1-12-4-6-29-18(10-17-16-3-2-5-24-20(16)27-25-17)26-28-21(29)19(12)30-15-8-13(11-23)7-14(22)9-15;3-2(4,5)1(6)7/h2-9H,10H2,1H3,(H,24,25,27);(H,6,7). The van der Waals surface area contributed by atoms with E-state index in [-0.39, 0.29) is 0 Å². The molecule has 5 aromatic rings. The summed E-state index contributed by atoms with van der Waals surface area (Å²) in [6.45, 7) is 1.92. The second-order valence-corrected chi connectivity index (χ2v) is 8.01. The number of hydrogen-bond acceptors (Lipinski definition) is 7. The fourth-order valence-corrected chi connectivity index (χ4v) is 3.54. The largest absolute Gasteiger partial charge is 0.490 e. The first kappa shape index (κ1) is 25.4. The molecule has 0 aliphatic heterocycles. The van der Waals surface area contributed by atoms with Gasteiger partial charge in [0.1, 0.15) is 11.6 Å². The van der Waals surface area contributed by atoms with Gasteiger partial charge in [-0.3, -0.25) is 9.50 Å². The molecule has 0 atom stereocenters. The van der Waals surface area contributed by atoms with Crippen LogP contribution in [0.5, 0.6) is 11.5 Å². The number of aromatic amines is 1. The van der Waals surface area contributed by atoms with Crippen LogP contribution in [0, 0.1) is 18.3 Å². The van der Waals surface area contributed by atoms with E-state index in [2.05, 4.69) is 31.4 Å². The Morgan fingerprint density at radius 3 is 2.73 bits per heavy atom. The number of nitrogens with one attached hydrogen (secondary N) is 1. The molecule has 0 aliphatic rings. The molecule has 0 unspecified atom stereocenters. The molecule has 0 fully saturated rings. The molecule has 0 saturated heterocycles. The smallest absolute Gasteiger partial charge is 0.475 e.